The molecule has 0 spiro atoms. The van der Waals surface area contributed by atoms with Crippen LogP contribution in [0.5, 0.6) is 0 Å². The number of nitrogens with one attached hydrogen (secondary N) is 1. The van der Waals surface area contributed by atoms with Crippen molar-refractivity contribution in [3.05, 3.63) is 29.8 Å². The summed E-state index contributed by atoms with van der Waals surface area (Å²) in [4.78, 5) is 24.3. The zero-order chi connectivity index (χ0) is 15.1. The molecule has 0 bridgehead atoms. The van der Waals surface area contributed by atoms with E-state index in [0.29, 0.717) is 6.42 Å². The molecule has 1 aromatic rings. The smallest absolute Gasteiger partial charge is 0.321 e. The van der Waals surface area contributed by atoms with Crippen molar-refractivity contribution >= 4 is 17.7 Å². The minimum absolute atomic E-state index is 0.0646. The van der Waals surface area contributed by atoms with Gasteiger partial charge >= 0.3 is 12.0 Å². The second-order valence-corrected chi connectivity index (χ2v) is 4.73. The molecule has 0 radical (unpaired) electrons. The van der Waals surface area contributed by atoms with Gasteiger partial charge in [-0.1, -0.05) is 26.0 Å². The summed E-state index contributed by atoms with van der Waals surface area (Å²) < 4.78 is 0. The highest BCUT2D eigenvalue weighted by Crippen LogP contribution is 2.14. The van der Waals surface area contributed by atoms with E-state index in [4.69, 9.17) is 5.11 Å². The van der Waals surface area contributed by atoms with Crippen LogP contribution in [0.4, 0.5) is 10.5 Å². The summed E-state index contributed by atoms with van der Waals surface area (Å²) in [6, 6.07) is 7.09. The van der Waals surface area contributed by atoms with Crippen molar-refractivity contribution in [3.63, 3.8) is 0 Å². The van der Waals surface area contributed by atoms with Crippen LogP contribution in [0.2, 0.25) is 0 Å². The van der Waals surface area contributed by atoms with E-state index < -0.39 is 5.97 Å². The van der Waals surface area contributed by atoms with Crippen LogP contribution in [-0.4, -0.2) is 30.2 Å². The number of nitrogens with zero attached hydrogens (tertiary/aromatic N) is 1. The summed E-state index contributed by atoms with van der Waals surface area (Å²) in [7, 11) is 1.67. The summed E-state index contributed by atoms with van der Waals surface area (Å²) >= 11 is 0. The summed E-state index contributed by atoms with van der Waals surface area (Å²) in [5, 5.41) is 11.5. The lowest BCUT2D eigenvalue weighted by molar-refractivity contribution is -0.137. The first kappa shape index (κ1) is 16.0. The number of carboxylic acids is 1. The van der Waals surface area contributed by atoms with Crippen molar-refractivity contribution in [2.45, 2.75) is 39.2 Å². The first-order chi connectivity index (χ1) is 9.47. The SMILES string of the molecule is CCc1ccc(N(C)C(=O)NC(CC)CC(=O)O)cc1. The summed E-state index contributed by atoms with van der Waals surface area (Å²) in [6.45, 7) is 3.92. The Hall–Kier alpha value is -2.04. The van der Waals surface area contributed by atoms with E-state index in [1.165, 1.54) is 10.5 Å². The maximum absolute atomic E-state index is 12.1. The molecule has 1 aromatic carbocycles. The Labute approximate surface area is 119 Å². The fourth-order valence-electron chi connectivity index (χ4n) is 1.85. The van der Waals surface area contributed by atoms with Crippen LogP contribution in [0.3, 0.4) is 0 Å². The van der Waals surface area contributed by atoms with Gasteiger partial charge in [-0.3, -0.25) is 9.69 Å². The van der Waals surface area contributed by atoms with E-state index in [9.17, 15) is 9.59 Å². The highest BCUT2D eigenvalue weighted by molar-refractivity contribution is 5.91. The average Bonchev–Trinajstić information content (AvgIpc) is 2.45. The van der Waals surface area contributed by atoms with Gasteiger partial charge in [0.2, 0.25) is 0 Å². The zero-order valence-corrected chi connectivity index (χ0v) is 12.2. The lowest BCUT2D eigenvalue weighted by Crippen LogP contribution is -2.43. The van der Waals surface area contributed by atoms with Gasteiger partial charge in [-0.05, 0) is 30.5 Å². The van der Waals surface area contributed by atoms with E-state index in [2.05, 4.69) is 12.2 Å². The van der Waals surface area contributed by atoms with Gasteiger partial charge in [-0.2, -0.15) is 0 Å². The second kappa shape index (κ2) is 7.53. The molecule has 2 N–H and O–H groups in total. The fourth-order valence-corrected chi connectivity index (χ4v) is 1.85. The number of carboxylic acid groups (broad SMARTS) is 1. The van der Waals surface area contributed by atoms with Crippen LogP contribution >= 0.6 is 0 Å². The molecule has 0 aliphatic rings. The number of urea groups is 1. The van der Waals surface area contributed by atoms with Crippen LogP contribution in [0.1, 0.15) is 32.3 Å². The number of amides is 2. The number of benzene rings is 1. The van der Waals surface area contributed by atoms with Gasteiger partial charge in [0.05, 0.1) is 6.42 Å². The molecular formula is C15H22N2O3. The van der Waals surface area contributed by atoms with Crippen LogP contribution in [0, 0.1) is 0 Å². The lowest BCUT2D eigenvalue weighted by atomic mass is 10.1. The number of carbonyl (C=O) groups is 2. The average molecular weight is 278 g/mol. The van der Waals surface area contributed by atoms with Crippen molar-refractivity contribution in [1.82, 2.24) is 5.32 Å². The Bertz CT molecular complexity index is 457. The number of rotatable bonds is 6. The standard InChI is InChI=1S/C15H22N2O3/c1-4-11-6-8-13(9-7-11)17(3)15(20)16-12(5-2)10-14(18)19/h6-9,12H,4-5,10H2,1-3H3,(H,16,20)(H,18,19). The lowest BCUT2D eigenvalue weighted by Gasteiger charge is -2.22. The van der Waals surface area contributed by atoms with Crippen molar-refractivity contribution in [2.75, 3.05) is 11.9 Å². The van der Waals surface area contributed by atoms with Gasteiger partial charge in [0.15, 0.2) is 0 Å². The summed E-state index contributed by atoms with van der Waals surface area (Å²) in [5.41, 5.74) is 1.99. The van der Waals surface area contributed by atoms with Gasteiger partial charge in [0.25, 0.3) is 0 Å². The number of hydrogen-bond donors (Lipinski definition) is 2. The topological polar surface area (TPSA) is 69.6 Å². The number of aliphatic carboxylic acids is 1. The molecule has 0 saturated heterocycles. The Balaban J connectivity index is 2.67. The third-order valence-corrected chi connectivity index (χ3v) is 3.28. The molecule has 5 heteroatoms. The monoisotopic (exact) mass is 278 g/mol. The van der Waals surface area contributed by atoms with Crippen LogP contribution in [0.25, 0.3) is 0 Å². The van der Waals surface area contributed by atoms with Gasteiger partial charge in [-0.25, -0.2) is 4.79 Å². The van der Waals surface area contributed by atoms with Gasteiger partial charge in [-0.15, -0.1) is 0 Å². The van der Waals surface area contributed by atoms with Crippen LogP contribution in [-0.2, 0) is 11.2 Å². The van der Waals surface area contributed by atoms with Crippen LogP contribution in [0.15, 0.2) is 24.3 Å². The van der Waals surface area contributed by atoms with Crippen molar-refractivity contribution in [2.24, 2.45) is 0 Å². The predicted molar refractivity (Wildman–Crippen MR) is 79.1 cm³/mol. The Morgan fingerprint density at radius 1 is 1.25 bits per heavy atom. The molecule has 0 fully saturated rings. The van der Waals surface area contributed by atoms with Gasteiger partial charge in [0.1, 0.15) is 0 Å². The number of anilines is 1. The van der Waals surface area contributed by atoms with Crippen molar-refractivity contribution < 1.29 is 14.7 Å². The van der Waals surface area contributed by atoms with E-state index >= 15 is 0 Å². The first-order valence-corrected chi connectivity index (χ1v) is 6.82. The van der Waals surface area contributed by atoms with E-state index in [-0.39, 0.29) is 18.5 Å². The molecule has 20 heavy (non-hydrogen) atoms. The molecule has 0 aliphatic heterocycles. The van der Waals surface area contributed by atoms with Gasteiger partial charge < -0.3 is 10.4 Å². The van der Waals surface area contributed by atoms with E-state index in [1.54, 1.807) is 7.05 Å². The normalized spacial score (nSPS) is 11.8. The number of hydrogen-bond acceptors (Lipinski definition) is 2. The maximum Gasteiger partial charge on any atom is 0.321 e. The molecule has 110 valence electrons. The highest BCUT2D eigenvalue weighted by Gasteiger charge is 2.17. The Kier molecular flexibility index (Phi) is 6.03. The molecule has 1 atom stereocenters. The second-order valence-electron chi connectivity index (χ2n) is 4.73. The fraction of sp³-hybridized carbons (Fsp3) is 0.467. The molecule has 0 aromatic heterocycles. The zero-order valence-electron chi connectivity index (χ0n) is 12.2. The maximum atomic E-state index is 12.1. The molecule has 1 unspecified atom stereocenters. The van der Waals surface area contributed by atoms with E-state index in [0.717, 1.165) is 12.1 Å². The number of aryl methyl sites for hydroxylation is 1. The Morgan fingerprint density at radius 3 is 2.30 bits per heavy atom. The molecule has 5 nitrogen and oxygen atoms in total. The third-order valence-electron chi connectivity index (χ3n) is 3.28. The van der Waals surface area contributed by atoms with Crippen molar-refractivity contribution in [3.8, 4) is 0 Å². The molecule has 0 saturated carbocycles. The van der Waals surface area contributed by atoms with Crippen LogP contribution < -0.4 is 10.2 Å². The Morgan fingerprint density at radius 2 is 1.85 bits per heavy atom. The molecule has 1 rings (SSSR count). The minimum Gasteiger partial charge on any atom is -0.481 e. The first-order valence-electron chi connectivity index (χ1n) is 6.82. The van der Waals surface area contributed by atoms with E-state index in [1.807, 2.05) is 31.2 Å². The largest absolute Gasteiger partial charge is 0.481 e. The predicted octanol–water partition coefficient (Wildman–Crippen LogP) is 2.65. The molecule has 0 aliphatic carbocycles. The summed E-state index contributed by atoms with van der Waals surface area (Å²) in [6.07, 6.45) is 1.47. The summed E-state index contributed by atoms with van der Waals surface area (Å²) in [5.74, 6) is -0.910. The van der Waals surface area contributed by atoms with Crippen molar-refractivity contribution in [1.29, 1.82) is 0 Å². The number of carbonyl (C=O) groups excluding carboxylic acids is 1. The molecule has 2 amide bonds. The van der Waals surface area contributed by atoms with Gasteiger partial charge in [0, 0.05) is 18.8 Å². The molecule has 0 heterocycles. The quantitative estimate of drug-likeness (QED) is 0.840. The third kappa shape index (κ3) is 4.57. The highest BCUT2D eigenvalue weighted by atomic mass is 16.4. The molecular weight excluding hydrogens is 256 g/mol. The minimum atomic E-state index is -0.910.